The molecule has 3 aromatic rings. The monoisotopic (exact) mass is 568 g/mol. The van der Waals surface area contributed by atoms with E-state index in [-0.39, 0.29) is 18.3 Å². The highest BCUT2D eigenvalue weighted by atomic mass is 79.9. The molecule has 0 saturated heterocycles. The second-order valence-corrected chi connectivity index (χ2v) is 9.30. The molecule has 3 rings (SSSR count). The lowest BCUT2D eigenvalue weighted by Gasteiger charge is -2.12. The first-order valence-corrected chi connectivity index (χ1v) is 12.1. The molecule has 0 spiro atoms. The predicted octanol–water partition coefficient (Wildman–Crippen LogP) is 5.36. The van der Waals surface area contributed by atoms with Crippen molar-refractivity contribution >= 4 is 55.2 Å². The van der Waals surface area contributed by atoms with Gasteiger partial charge in [0.2, 0.25) is 5.91 Å². The van der Waals surface area contributed by atoms with Gasteiger partial charge < -0.3 is 19.4 Å². The molecule has 2 aromatic carbocycles. The molecule has 0 radical (unpaired) electrons. The lowest BCUT2D eigenvalue weighted by molar-refractivity contribution is -0.113. The first-order chi connectivity index (χ1) is 14.9. The molecule has 7 nitrogen and oxygen atoms in total. The molecule has 0 saturated carbocycles. The fourth-order valence-electron chi connectivity index (χ4n) is 2.65. The zero-order valence-electron chi connectivity index (χ0n) is 17.3. The lowest BCUT2D eigenvalue weighted by atomic mass is 10.2. The number of aromatic nitrogens is 3. The fraction of sp³-hybridized carbons (Fsp3) is 0.286. The third-order valence-corrected chi connectivity index (χ3v) is 6.42. The van der Waals surface area contributed by atoms with E-state index in [2.05, 4.69) is 47.4 Å². The molecule has 0 atom stereocenters. The quantitative estimate of drug-likeness (QED) is 0.350. The van der Waals surface area contributed by atoms with Gasteiger partial charge >= 0.3 is 0 Å². The Morgan fingerprint density at radius 1 is 1.13 bits per heavy atom. The number of nitrogens with one attached hydrogen (secondary N) is 1. The number of thioether (sulfide) groups is 1. The van der Waals surface area contributed by atoms with E-state index >= 15 is 0 Å². The molecule has 1 aromatic heterocycles. The van der Waals surface area contributed by atoms with Gasteiger partial charge in [-0.1, -0.05) is 33.8 Å². The number of nitrogens with zero attached hydrogens (tertiary/aromatic N) is 3. The highest BCUT2D eigenvalue weighted by Gasteiger charge is 2.14. The van der Waals surface area contributed by atoms with E-state index in [0.717, 1.165) is 14.5 Å². The number of aryl methyl sites for hydroxylation is 1. The van der Waals surface area contributed by atoms with Gasteiger partial charge in [-0.2, -0.15) is 0 Å². The van der Waals surface area contributed by atoms with Crippen molar-refractivity contribution in [3.63, 3.8) is 0 Å². The standard InChI is InChI=1S/C21H22Br2N4O3S/c1-4-29-18-9-13(2)5-8-17(18)30-11-19-25-26-21(27(19)3)31-12-20(28)24-16-10-14(22)6-7-15(16)23/h5-10H,4,11-12H2,1-3H3,(H,24,28). The van der Waals surface area contributed by atoms with Crippen molar-refractivity contribution in [3.05, 3.63) is 56.7 Å². The average molecular weight is 570 g/mol. The van der Waals surface area contributed by atoms with Gasteiger partial charge in [0.25, 0.3) is 0 Å². The van der Waals surface area contributed by atoms with E-state index < -0.39 is 0 Å². The van der Waals surface area contributed by atoms with E-state index in [1.54, 1.807) is 0 Å². The Balaban J connectivity index is 1.58. The molecule has 0 bridgehead atoms. The number of halogens is 2. The molecule has 164 valence electrons. The van der Waals surface area contributed by atoms with Crippen LogP contribution in [0.3, 0.4) is 0 Å². The molecule has 0 fully saturated rings. The van der Waals surface area contributed by atoms with E-state index in [1.807, 2.05) is 61.9 Å². The summed E-state index contributed by atoms with van der Waals surface area (Å²) >= 11 is 8.15. The molecule has 0 unspecified atom stereocenters. The summed E-state index contributed by atoms with van der Waals surface area (Å²) in [6.07, 6.45) is 0. The summed E-state index contributed by atoms with van der Waals surface area (Å²) in [6, 6.07) is 11.4. The van der Waals surface area contributed by atoms with E-state index in [1.165, 1.54) is 11.8 Å². The molecule has 0 aliphatic carbocycles. The van der Waals surface area contributed by atoms with Gasteiger partial charge in [-0.15, -0.1) is 10.2 Å². The van der Waals surface area contributed by atoms with Gasteiger partial charge in [0.05, 0.1) is 18.0 Å². The van der Waals surface area contributed by atoms with Crippen LogP contribution in [0.4, 0.5) is 5.69 Å². The van der Waals surface area contributed by atoms with Gasteiger partial charge in [0.1, 0.15) is 6.61 Å². The number of anilines is 1. The van der Waals surface area contributed by atoms with Crippen LogP contribution in [0.15, 0.2) is 50.5 Å². The number of hydrogen-bond acceptors (Lipinski definition) is 6. The van der Waals surface area contributed by atoms with Crippen molar-refractivity contribution in [2.24, 2.45) is 7.05 Å². The smallest absolute Gasteiger partial charge is 0.234 e. The number of rotatable bonds is 9. The minimum atomic E-state index is -0.134. The van der Waals surface area contributed by atoms with Crippen molar-refractivity contribution in [2.75, 3.05) is 17.7 Å². The van der Waals surface area contributed by atoms with Crippen molar-refractivity contribution in [2.45, 2.75) is 25.6 Å². The van der Waals surface area contributed by atoms with Crippen LogP contribution < -0.4 is 14.8 Å². The Hall–Kier alpha value is -2.04. The summed E-state index contributed by atoms with van der Waals surface area (Å²) in [4.78, 5) is 12.3. The molecule has 10 heteroatoms. The maximum absolute atomic E-state index is 12.3. The molecule has 0 aliphatic rings. The van der Waals surface area contributed by atoms with Crippen LogP contribution in [0, 0.1) is 6.92 Å². The highest BCUT2D eigenvalue weighted by molar-refractivity contribution is 9.11. The highest BCUT2D eigenvalue weighted by Crippen LogP contribution is 2.29. The Labute approximate surface area is 202 Å². The molecule has 1 heterocycles. The summed E-state index contributed by atoms with van der Waals surface area (Å²) in [6.45, 7) is 4.74. The topological polar surface area (TPSA) is 78.3 Å². The molecule has 31 heavy (non-hydrogen) atoms. The molecule has 0 aliphatic heterocycles. The maximum Gasteiger partial charge on any atom is 0.234 e. The number of hydrogen-bond donors (Lipinski definition) is 1. The van der Waals surface area contributed by atoms with Gasteiger partial charge in [0, 0.05) is 16.0 Å². The minimum absolute atomic E-state index is 0.134. The van der Waals surface area contributed by atoms with Crippen LogP contribution in [0.2, 0.25) is 0 Å². The van der Waals surface area contributed by atoms with Crippen LogP contribution in [0.1, 0.15) is 18.3 Å². The molecule has 1 amide bonds. The number of amides is 1. The summed E-state index contributed by atoms with van der Waals surface area (Å²) < 4.78 is 15.1. The van der Waals surface area contributed by atoms with Crippen molar-refractivity contribution in [1.29, 1.82) is 0 Å². The lowest BCUT2D eigenvalue weighted by Crippen LogP contribution is -2.15. The van der Waals surface area contributed by atoms with Crippen LogP contribution in [-0.2, 0) is 18.4 Å². The third kappa shape index (κ3) is 6.47. The normalized spacial score (nSPS) is 10.7. The summed E-state index contributed by atoms with van der Waals surface area (Å²) in [5, 5.41) is 11.9. The number of ether oxygens (including phenoxy) is 2. The number of carbonyl (C=O) groups excluding carboxylic acids is 1. The number of carbonyl (C=O) groups is 1. The van der Waals surface area contributed by atoms with E-state index in [9.17, 15) is 4.79 Å². The Morgan fingerprint density at radius 3 is 2.71 bits per heavy atom. The van der Waals surface area contributed by atoms with E-state index in [4.69, 9.17) is 9.47 Å². The summed E-state index contributed by atoms with van der Waals surface area (Å²) in [5.74, 6) is 2.09. The second kappa shape index (κ2) is 11.0. The Bertz CT molecular complexity index is 1070. The minimum Gasteiger partial charge on any atom is -0.490 e. The fourth-order valence-corrected chi connectivity index (χ4v) is 4.09. The van der Waals surface area contributed by atoms with Gasteiger partial charge in [-0.25, -0.2) is 0 Å². The second-order valence-electron chi connectivity index (χ2n) is 6.59. The first kappa shape index (κ1) is 23.6. The third-order valence-electron chi connectivity index (χ3n) is 4.22. The largest absolute Gasteiger partial charge is 0.490 e. The molecule has 1 N–H and O–H groups in total. The molecular weight excluding hydrogens is 548 g/mol. The number of benzene rings is 2. The van der Waals surface area contributed by atoms with E-state index in [0.29, 0.717) is 34.8 Å². The van der Waals surface area contributed by atoms with Crippen LogP contribution in [-0.4, -0.2) is 33.0 Å². The van der Waals surface area contributed by atoms with Crippen molar-refractivity contribution in [3.8, 4) is 11.5 Å². The Morgan fingerprint density at radius 2 is 1.94 bits per heavy atom. The predicted molar refractivity (Wildman–Crippen MR) is 129 cm³/mol. The average Bonchev–Trinajstić information content (AvgIpc) is 3.08. The molecular formula is C21H22Br2N4O3S. The van der Waals surface area contributed by atoms with Crippen molar-refractivity contribution in [1.82, 2.24) is 14.8 Å². The summed E-state index contributed by atoms with van der Waals surface area (Å²) in [7, 11) is 1.85. The van der Waals surface area contributed by atoms with Gasteiger partial charge in [-0.3, -0.25) is 4.79 Å². The maximum atomic E-state index is 12.3. The Kier molecular flexibility index (Phi) is 8.39. The van der Waals surface area contributed by atoms with Crippen LogP contribution in [0.25, 0.3) is 0 Å². The van der Waals surface area contributed by atoms with Gasteiger partial charge in [-0.05, 0) is 65.7 Å². The van der Waals surface area contributed by atoms with Crippen LogP contribution in [0.5, 0.6) is 11.5 Å². The SMILES string of the molecule is CCOc1cc(C)ccc1OCc1nnc(SCC(=O)Nc2cc(Br)ccc2Br)n1C. The zero-order valence-corrected chi connectivity index (χ0v) is 21.3. The zero-order chi connectivity index (χ0) is 22.4. The van der Waals surface area contributed by atoms with Gasteiger partial charge in [0.15, 0.2) is 22.5 Å². The summed E-state index contributed by atoms with van der Waals surface area (Å²) in [5.41, 5.74) is 1.80. The first-order valence-electron chi connectivity index (χ1n) is 9.49. The van der Waals surface area contributed by atoms with Crippen LogP contribution >= 0.6 is 43.6 Å². The van der Waals surface area contributed by atoms with Crippen molar-refractivity contribution < 1.29 is 14.3 Å².